The van der Waals surface area contributed by atoms with E-state index in [4.69, 9.17) is 11.6 Å². The predicted molar refractivity (Wildman–Crippen MR) is 85.2 cm³/mol. The van der Waals surface area contributed by atoms with Gasteiger partial charge in [-0.2, -0.15) is 0 Å². The van der Waals surface area contributed by atoms with Gasteiger partial charge in [-0.25, -0.2) is 18.1 Å². The third-order valence-electron chi connectivity index (χ3n) is 4.10. The number of aromatic nitrogens is 1. The fourth-order valence-corrected chi connectivity index (χ4v) is 4.51. The van der Waals surface area contributed by atoms with Crippen LogP contribution in [-0.2, 0) is 10.0 Å². The average Bonchev–Trinajstić information content (AvgIpc) is 2.47. The minimum atomic E-state index is -3.58. The van der Waals surface area contributed by atoms with Crippen LogP contribution in [0, 0.1) is 5.92 Å². The van der Waals surface area contributed by atoms with E-state index in [1.165, 1.54) is 18.7 Å². The molecule has 1 aromatic rings. The molecule has 0 bridgehead atoms. The molecule has 0 radical (unpaired) electrons. The summed E-state index contributed by atoms with van der Waals surface area (Å²) in [6.07, 6.45) is 6.56. The number of hydrogen-bond acceptors (Lipinski definition) is 4. The number of rotatable bonds is 5. The first kappa shape index (κ1) is 16.5. The van der Waals surface area contributed by atoms with Crippen molar-refractivity contribution in [2.75, 3.05) is 12.4 Å². The van der Waals surface area contributed by atoms with E-state index in [1.54, 1.807) is 7.05 Å². The number of pyridine rings is 1. The second kappa shape index (κ2) is 6.94. The highest BCUT2D eigenvalue weighted by atomic mass is 35.5. The van der Waals surface area contributed by atoms with Crippen LogP contribution < -0.4 is 10.0 Å². The topological polar surface area (TPSA) is 71.1 Å². The second-order valence-corrected chi connectivity index (χ2v) is 7.55. The first-order chi connectivity index (χ1) is 9.97. The molecule has 1 fully saturated rings. The van der Waals surface area contributed by atoms with Gasteiger partial charge in [0.1, 0.15) is 10.7 Å². The van der Waals surface area contributed by atoms with Crippen LogP contribution in [0.5, 0.6) is 0 Å². The van der Waals surface area contributed by atoms with Crippen molar-refractivity contribution in [1.29, 1.82) is 0 Å². The molecule has 0 saturated heterocycles. The Balaban J connectivity index is 2.19. The summed E-state index contributed by atoms with van der Waals surface area (Å²) < 4.78 is 27.8. The summed E-state index contributed by atoms with van der Waals surface area (Å²) in [7, 11) is -1.89. The summed E-state index contributed by atoms with van der Waals surface area (Å²) in [4.78, 5) is 4.15. The SMILES string of the molecule is CCC1CCCCC1NS(=O)(=O)c1cnc(NC)c(Cl)c1. The number of anilines is 1. The highest BCUT2D eigenvalue weighted by molar-refractivity contribution is 7.89. The van der Waals surface area contributed by atoms with E-state index < -0.39 is 10.0 Å². The first-order valence-electron chi connectivity index (χ1n) is 7.33. The Morgan fingerprint density at radius 2 is 2.10 bits per heavy atom. The molecule has 21 heavy (non-hydrogen) atoms. The van der Waals surface area contributed by atoms with E-state index in [0.29, 0.717) is 16.8 Å². The lowest BCUT2D eigenvalue weighted by Gasteiger charge is -2.31. The number of nitrogens with one attached hydrogen (secondary N) is 2. The second-order valence-electron chi connectivity index (χ2n) is 5.43. The minimum absolute atomic E-state index is 0.0107. The van der Waals surface area contributed by atoms with Crippen LogP contribution in [0.25, 0.3) is 0 Å². The van der Waals surface area contributed by atoms with Crippen LogP contribution in [-0.4, -0.2) is 26.5 Å². The van der Waals surface area contributed by atoms with Gasteiger partial charge in [-0.1, -0.05) is 37.8 Å². The number of nitrogens with zero attached hydrogens (tertiary/aromatic N) is 1. The van der Waals surface area contributed by atoms with Crippen LogP contribution in [0.3, 0.4) is 0 Å². The van der Waals surface area contributed by atoms with Crippen LogP contribution >= 0.6 is 11.6 Å². The molecular weight excluding hydrogens is 310 g/mol. The molecule has 5 nitrogen and oxygen atoms in total. The van der Waals surface area contributed by atoms with Gasteiger partial charge in [0.15, 0.2) is 0 Å². The van der Waals surface area contributed by atoms with Gasteiger partial charge < -0.3 is 5.32 Å². The summed E-state index contributed by atoms with van der Waals surface area (Å²) in [6.45, 7) is 2.11. The molecule has 0 spiro atoms. The molecule has 7 heteroatoms. The Bertz CT molecular complexity index is 592. The lowest BCUT2D eigenvalue weighted by Crippen LogP contribution is -2.41. The van der Waals surface area contributed by atoms with Crippen molar-refractivity contribution in [3.63, 3.8) is 0 Å². The van der Waals surface area contributed by atoms with Crippen molar-refractivity contribution in [2.24, 2.45) is 5.92 Å². The van der Waals surface area contributed by atoms with E-state index in [9.17, 15) is 8.42 Å². The molecule has 0 aliphatic heterocycles. The normalized spacial score (nSPS) is 23.0. The maximum absolute atomic E-state index is 12.5. The molecule has 2 unspecified atom stereocenters. The van der Waals surface area contributed by atoms with Crippen LogP contribution in [0.2, 0.25) is 5.02 Å². The Morgan fingerprint density at radius 1 is 1.38 bits per heavy atom. The van der Waals surface area contributed by atoms with Crippen molar-refractivity contribution in [2.45, 2.75) is 50.0 Å². The molecule has 2 N–H and O–H groups in total. The predicted octanol–water partition coefficient (Wildman–Crippen LogP) is 3.02. The summed E-state index contributed by atoms with van der Waals surface area (Å²) in [6, 6.07) is 1.45. The molecular formula is C14H22ClN3O2S. The van der Waals surface area contributed by atoms with Crippen molar-refractivity contribution >= 4 is 27.4 Å². The third kappa shape index (κ3) is 3.87. The van der Waals surface area contributed by atoms with Gasteiger partial charge in [-0.05, 0) is 24.8 Å². The summed E-state index contributed by atoms with van der Waals surface area (Å²) in [5.74, 6) is 0.883. The Morgan fingerprint density at radius 3 is 2.71 bits per heavy atom. The molecule has 0 amide bonds. The van der Waals surface area contributed by atoms with Crippen molar-refractivity contribution in [3.8, 4) is 0 Å². The highest BCUT2D eigenvalue weighted by Crippen LogP contribution is 2.28. The van der Waals surface area contributed by atoms with Crippen LogP contribution in [0.15, 0.2) is 17.2 Å². The Kier molecular flexibility index (Phi) is 5.46. The highest BCUT2D eigenvalue weighted by Gasteiger charge is 2.28. The molecule has 1 aromatic heterocycles. The Hall–Kier alpha value is -0.850. The average molecular weight is 332 g/mol. The monoisotopic (exact) mass is 331 g/mol. The van der Waals surface area contributed by atoms with Gasteiger partial charge in [0.05, 0.1) is 5.02 Å². The molecule has 0 aromatic carbocycles. The van der Waals surface area contributed by atoms with E-state index in [1.807, 2.05) is 0 Å². The first-order valence-corrected chi connectivity index (χ1v) is 9.19. The molecule has 1 aliphatic rings. The maximum atomic E-state index is 12.5. The fourth-order valence-electron chi connectivity index (χ4n) is 2.87. The summed E-state index contributed by atoms with van der Waals surface area (Å²) in [5, 5.41) is 3.12. The van der Waals surface area contributed by atoms with Crippen molar-refractivity contribution in [3.05, 3.63) is 17.3 Å². The molecule has 1 aliphatic carbocycles. The van der Waals surface area contributed by atoms with Gasteiger partial charge in [0.25, 0.3) is 0 Å². The maximum Gasteiger partial charge on any atom is 0.242 e. The van der Waals surface area contributed by atoms with Crippen molar-refractivity contribution < 1.29 is 8.42 Å². The third-order valence-corrected chi connectivity index (χ3v) is 5.85. The Labute approximate surface area is 131 Å². The zero-order valence-corrected chi connectivity index (χ0v) is 14.0. The summed E-state index contributed by atoms with van der Waals surface area (Å²) in [5.41, 5.74) is 0. The van der Waals surface area contributed by atoms with Gasteiger partial charge in [-0.15, -0.1) is 0 Å². The zero-order valence-electron chi connectivity index (χ0n) is 12.4. The van der Waals surface area contributed by atoms with E-state index in [2.05, 4.69) is 21.9 Å². The van der Waals surface area contributed by atoms with E-state index >= 15 is 0 Å². The standard InChI is InChI=1S/C14H22ClN3O2S/c1-3-10-6-4-5-7-13(10)18-21(19,20)11-8-12(15)14(16-2)17-9-11/h8-10,13,18H,3-7H2,1-2H3,(H,16,17). The van der Waals surface area contributed by atoms with E-state index in [0.717, 1.165) is 25.7 Å². The van der Waals surface area contributed by atoms with Gasteiger partial charge >= 0.3 is 0 Å². The number of hydrogen-bond donors (Lipinski definition) is 2. The quantitative estimate of drug-likeness (QED) is 0.870. The molecule has 2 atom stereocenters. The zero-order chi connectivity index (χ0) is 15.5. The molecule has 1 saturated carbocycles. The fraction of sp³-hybridized carbons (Fsp3) is 0.643. The van der Waals surface area contributed by atoms with Crippen LogP contribution in [0.4, 0.5) is 5.82 Å². The van der Waals surface area contributed by atoms with Gasteiger partial charge in [0.2, 0.25) is 10.0 Å². The lowest BCUT2D eigenvalue weighted by atomic mass is 9.83. The molecule has 1 heterocycles. The molecule has 2 rings (SSSR count). The molecule has 118 valence electrons. The van der Waals surface area contributed by atoms with Gasteiger partial charge in [-0.3, -0.25) is 0 Å². The van der Waals surface area contributed by atoms with Crippen LogP contribution in [0.1, 0.15) is 39.0 Å². The lowest BCUT2D eigenvalue weighted by molar-refractivity contribution is 0.282. The van der Waals surface area contributed by atoms with E-state index in [-0.39, 0.29) is 10.9 Å². The largest absolute Gasteiger partial charge is 0.372 e. The smallest absolute Gasteiger partial charge is 0.242 e. The number of sulfonamides is 1. The number of halogens is 1. The summed E-state index contributed by atoms with van der Waals surface area (Å²) >= 11 is 6.02. The van der Waals surface area contributed by atoms with Crippen molar-refractivity contribution in [1.82, 2.24) is 9.71 Å². The minimum Gasteiger partial charge on any atom is -0.372 e. The van der Waals surface area contributed by atoms with Gasteiger partial charge in [0, 0.05) is 19.3 Å².